The number of amides is 1. The molecule has 0 radical (unpaired) electrons. The first-order valence-corrected chi connectivity index (χ1v) is 7.22. The van der Waals surface area contributed by atoms with Crippen molar-refractivity contribution < 1.29 is 4.79 Å². The van der Waals surface area contributed by atoms with Crippen LogP contribution in [0.3, 0.4) is 0 Å². The summed E-state index contributed by atoms with van der Waals surface area (Å²) in [7, 11) is 0. The van der Waals surface area contributed by atoms with E-state index in [0.717, 1.165) is 19.4 Å². The van der Waals surface area contributed by atoms with Gasteiger partial charge in [0.25, 0.3) is 0 Å². The van der Waals surface area contributed by atoms with Crippen LogP contribution in [0.5, 0.6) is 0 Å². The number of carbonyl (C=O) groups excluding carboxylic acids is 1. The van der Waals surface area contributed by atoms with Crippen LogP contribution in [0.15, 0.2) is 17.5 Å². The molecule has 0 bridgehead atoms. The lowest BCUT2D eigenvalue weighted by Gasteiger charge is -2.19. The third kappa shape index (κ3) is 3.54. The number of rotatable bonds is 3. The topological polar surface area (TPSA) is 41.1 Å². The van der Waals surface area contributed by atoms with Crippen LogP contribution in [0, 0.1) is 0 Å². The van der Waals surface area contributed by atoms with E-state index in [9.17, 15) is 4.79 Å². The van der Waals surface area contributed by atoms with Crippen molar-refractivity contribution in [2.75, 3.05) is 6.54 Å². The number of thiophene rings is 1. The summed E-state index contributed by atoms with van der Waals surface area (Å²) >= 11 is 1.69. The van der Waals surface area contributed by atoms with Gasteiger partial charge in [0, 0.05) is 4.88 Å². The molecule has 17 heavy (non-hydrogen) atoms. The van der Waals surface area contributed by atoms with Crippen LogP contribution in [-0.4, -0.2) is 18.5 Å². The van der Waals surface area contributed by atoms with Crippen LogP contribution in [0.1, 0.15) is 43.5 Å². The molecule has 0 saturated carbocycles. The molecule has 1 aromatic heterocycles. The van der Waals surface area contributed by atoms with Crippen molar-refractivity contribution in [1.29, 1.82) is 0 Å². The van der Waals surface area contributed by atoms with Gasteiger partial charge < -0.3 is 10.6 Å². The zero-order chi connectivity index (χ0) is 12.1. The van der Waals surface area contributed by atoms with Gasteiger partial charge in [-0.25, -0.2) is 0 Å². The molecule has 0 spiro atoms. The third-order valence-electron chi connectivity index (χ3n) is 3.21. The summed E-state index contributed by atoms with van der Waals surface area (Å²) in [6.45, 7) is 3.01. The smallest absolute Gasteiger partial charge is 0.237 e. The molecule has 0 aliphatic carbocycles. The molecule has 4 heteroatoms. The molecule has 1 aliphatic rings. The quantitative estimate of drug-likeness (QED) is 0.867. The minimum atomic E-state index is -0.0000813. The molecule has 2 unspecified atom stereocenters. The molecule has 2 heterocycles. The van der Waals surface area contributed by atoms with Crippen LogP contribution in [-0.2, 0) is 4.79 Å². The summed E-state index contributed by atoms with van der Waals surface area (Å²) in [4.78, 5) is 13.3. The van der Waals surface area contributed by atoms with Gasteiger partial charge in [-0.15, -0.1) is 11.3 Å². The van der Waals surface area contributed by atoms with Crippen molar-refractivity contribution in [2.24, 2.45) is 0 Å². The van der Waals surface area contributed by atoms with E-state index in [1.807, 2.05) is 18.4 Å². The second-order valence-electron chi connectivity index (χ2n) is 4.60. The molecule has 1 fully saturated rings. The predicted molar refractivity (Wildman–Crippen MR) is 71.1 cm³/mol. The van der Waals surface area contributed by atoms with Crippen molar-refractivity contribution in [2.45, 2.75) is 44.7 Å². The maximum Gasteiger partial charge on any atom is 0.237 e. The Bertz CT molecular complexity index is 342. The number of carbonyl (C=O) groups is 1. The summed E-state index contributed by atoms with van der Waals surface area (Å²) in [6, 6.07) is 4.20. The molecule has 3 nitrogen and oxygen atoms in total. The Kier molecular flexibility index (Phi) is 4.57. The van der Waals surface area contributed by atoms with Gasteiger partial charge in [0.05, 0.1) is 12.1 Å². The molecule has 2 rings (SSSR count). The average Bonchev–Trinajstić information content (AvgIpc) is 2.71. The number of nitrogens with one attached hydrogen (secondary N) is 2. The maximum absolute atomic E-state index is 12.1. The van der Waals surface area contributed by atoms with Gasteiger partial charge in [-0.3, -0.25) is 4.79 Å². The predicted octanol–water partition coefficient (Wildman–Crippen LogP) is 2.46. The highest BCUT2D eigenvalue weighted by atomic mass is 32.1. The lowest BCUT2D eigenvalue weighted by molar-refractivity contribution is -0.123. The van der Waals surface area contributed by atoms with Crippen LogP contribution < -0.4 is 10.6 Å². The van der Waals surface area contributed by atoms with Gasteiger partial charge in [-0.2, -0.15) is 0 Å². The molecule has 1 aliphatic heterocycles. The Labute approximate surface area is 107 Å². The fraction of sp³-hybridized carbons (Fsp3) is 0.615. The summed E-state index contributed by atoms with van der Waals surface area (Å²) in [5.74, 6) is 0.146. The Balaban J connectivity index is 1.87. The van der Waals surface area contributed by atoms with E-state index in [4.69, 9.17) is 0 Å². The Hall–Kier alpha value is -0.870. The summed E-state index contributed by atoms with van der Waals surface area (Å²) in [6.07, 6.45) is 4.53. The SMILES string of the molecule is CC(NC(=O)C1CCCCCN1)c1cccs1. The lowest BCUT2D eigenvalue weighted by atomic mass is 10.1. The van der Waals surface area contributed by atoms with Gasteiger partial charge in [-0.05, 0) is 37.8 Å². The Morgan fingerprint density at radius 2 is 2.41 bits per heavy atom. The zero-order valence-electron chi connectivity index (χ0n) is 10.2. The van der Waals surface area contributed by atoms with Gasteiger partial charge >= 0.3 is 0 Å². The van der Waals surface area contributed by atoms with E-state index in [0.29, 0.717) is 0 Å². The maximum atomic E-state index is 12.1. The molecule has 2 atom stereocenters. The van der Waals surface area contributed by atoms with E-state index in [2.05, 4.69) is 16.7 Å². The number of hydrogen-bond acceptors (Lipinski definition) is 3. The van der Waals surface area contributed by atoms with E-state index in [1.54, 1.807) is 11.3 Å². The second-order valence-corrected chi connectivity index (χ2v) is 5.58. The molecule has 94 valence electrons. The average molecular weight is 252 g/mol. The van der Waals surface area contributed by atoms with Gasteiger partial charge in [-0.1, -0.05) is 18.9 Å². The van der Waals surface area contributed by atoms with E-state index in [-0.39, 0.29) is 18.0 Å². The van der Waals surface area contributed by atoms with Gasteiger partial charge in [0.15, 0.2) is 0 Å². The normalized spacial score (nSPS) is 22.8. The molecule has 1 amide bonds. The monoisotopic (exact) mass is 252 g/mol. The molecule has 2 N–H and O–H groups in total. The van der Waals surface area contributed by atoms with Crippen molar-refractivity contribution in [1.82, 2.24) is 10.6 Å². The molecular formula is C13H20N2OS. The minimum absolute atomic E-state index is 0.0000813. The van der Waals surface area contributed by atoms with Crippen molar-refractivity contribution in [3.05, 3.63) is 22.4 Å². The van der Waals surface area contributed by atoms with Crippen molar-refractivity contribution >= 4 is 17.2 Å². The molecule has 1 aromatic rings. The Morgan fingerprint density at radius 3 is 3.18 bits per heavy atom. The van der Waals surface area contributed by atoms with E-state index in [1.165, 1.54) is 17.7 Å². The fourth-order valence-electron chi connectivity index (χ4n) is 2.18. The molecular weight excluding hydrogens is 232 g/mol. The highest BCUT2D eigenvalue weighted by Crippen LogP contribution is 2.18. The van der Waals surface area contributed by atoms with E-state index >= 15 is 0 Å². The third-order valence-corrected chi connectivity index (χ3v) is 4.26. The van der Waals surface area contributed by atoms with Gasteiger partial charge in [0.2, 0.25) is 5.91 Å². The first kappa shape index (κ1) is 12.6. The summed E-state index contributed by atoms with van der Waals surface area (Å²) < 4.78 is 0. The Morgan fingerprint density at radius 1 is 1.53 bits per heavy atom. The largest absolute Gasteiger partial charge is 0.347 e. The summed E-state index contributed by atoms with van der Waals surface area (Å²) in [5.41, 5.74) is 0. The van der Waals surface area contributed by atoms with Crippen molar-refractivity contribution in [3.8, 4) is 0 Å². The van der Waals surface area contributed by atoms with Crippen LogP contribution in [0.4, 0.5) is 0 Å². The first-order chi connectivity index (χ1) is 8.27. The lowest BCUT2D eigenvalue weighted by Crippen LogP contribution is -2.44. The van der Waals surface area contributed by atoms with Crippen LogP contribution in [0.2, 0.25) is 0 Å². The molecule has 1 saturated heterocycles. The number of hydrogen-bond donors (Lipinski definition) is 2. The second kappa shape index (κ2) is 6.17. The zero-order valence-corrected chi connectivity index (χ0v) is 11.1. The van der Waals surface area contributed by atoms with Crippen LogP contribution >= 0.6 is 11.3 Å². The van der Waals surface area contributed by atoms with Crippen molar-refractivity contribution in [3.63, 3.8) is 0 Å². The fourth-order valence-corrected chi connectivity index (χ4v) is 2.91. The highest BCUT2D eigenvalue weighted by Gasteiger charge is 2.21. The van der Waals surface area contributed by atoms with E-state index < -0.39 is 0 Å². The standard InChI is InChI=1S/C13H20N2OS/c1-10(12-7-5-9-17-12)15-13(16)11-6-3-2-4-8-14-11/h5,7,9-11,14H,2-4,6,8H2,1H3,(H,15,16). The minimum Gasteiger partial charge on any atom is -0.347 e. The summed E-state index contributed by atoms with van der Waals surface area (Å²) in [5, 5.41) is 8.46. The van der Waals surface area contributed by atoms with Crippen LogP contribution in [0.25, 0.3) is 0 Å². The molecule has 0 aromatic carbocycles. The highest BCUT2D eigenvalue weighted by molar-refractivity contribution is 7.10. The first-order valence-electron chi connectivity index (χ1n) is 6.34. The van der Waals surface area contributed by atoms with Gasteiger partial charge in [0.1, 0.15) is 0 Å².